The van der Waals surface area contributed by atoms with Crippen molar-refractivity contribution in [2.45, 2.75) is 19.9 Å². The molecule has 0 radical (unpaired) electrons. The molecule has 1 aromatic rings. The van der Waals surface area contributed by atoms with E-state index in [0.29, 0.717) is 6.42 Å². The van der Waals surface area contributed by atoms with E-state index >= 15 is 0 Å². The van der Waals surface area contributed by atoms with Crippen LogP contribution in [0.25, 0.3) is 0 Å². The Balaban J connectivity index is 2.15. The van der Waals surface area contributed by atoms with Crippen molar-refractivity contribution in [2.24, 2.45) is 0 Å². The van der Waals surface area contributed by atoms with E-state index in [1.165, 1.54) is 0 Å². The van der Waals surface area contributed by atoms with E-state index in [1.807, 2.05) is 12.3 Å². The standard InChI is InChI=1S/C8H13FN2S/c1-7-11-8(6-12-7)5-10-4-2-3-9/h6,10H,2-5H2,1H3. The van der Waals surface area contributed by atoms with Crippen LogP contribution in [0, 0.1) is 6.92 Å². The third-order valence-electron chi connectivity index (χ3n) is 1.46. The van der Waals surface area contributed by atoms with Crippen molar-refractivity contribution in [3.63, 3.8) is 0 Å². The fourth-order valence-corrected chi connectivity index (χ4v) is 1.51. The molecule has 1 heterocycles. The summed E-state index contributed by atoms with van der Waals surface area (Å²) in [6, 6.07) is 0. The van der Waals surface area contributed by atoms with E-state index in [1.54, 1.807) is 11.3 Å². The zero-order chi connectivity index (χ0) is 8.81. The van der Waals surface area contributed by atoms with E-state index in [2.05, 4.69) is 10.3 Å². The van der Waals surface area contributed by atoms with Gasteiger partial charge in [-0.1, -0.05) is 0 Å². The first kappa shape index (κ1) is 9.61. The number of rotatable bonds is 5. The summed E-state index contributed by atoms with van der Waals surface area (Å²) >= 11 is 1.64. The quantitative estimate of drug-likeness (QED) is 0.714. The van der Waals surface area contributed by atoms with E-state index < -0.39 is 0 Å². The minimum atomic E-state index is -0.247. The van der Waals surface area contributed by atoms with E-state index in [9.17, 15) is 4.39 Å². The molecule has 1 N–H and O–H groups in total. The summed E-state index contributed by atoms with van der Waals surface area (Å²) in [5.41, 5.74) is 1.05. The first-order valence-corrected chi connectivity index (χ1v) is 4.88. The Bertz CT molecular complexity index is 225. The summed E-state index contributed by atoms with van der Waals surface area (Å²) in [4.78, 5) is 4.27. The first-order valence-electron chi connectivity index (χ1n) is 4.00. The van der Waals surface area contributed by atoms with Crippen molar-refractivity contribution in [3.8, 4) is 0 Å². The molecule has 4 heteroatoms. The number of hydrogen-bond donors (Lipinski definition) is 1. The lowest BCUT2D eigenvalue weighted by atomic mass is 10.4. The highest BCUT2D eigenvalue weighted by molar-refractivity contribution is 7.09. The van der Waals surface area contributed by atoms with E-state index in [0.717, 1.165) is 23.8 Å². The second kappa shape index (κ2) is 5.22. The average Bonchev–Trinajstić information content (AvgIpc) is 2.45. The monoisotopic (exact) mass is 188 g/mol. The van der Waals surface area contributed by atoms with Crippen molar-refractivity contribution in [1.82, 2.24) is 10.3 Å². The number of nitrogens with one attached hydrogen (secondary N) is 1. The normalized spacial score (nSPS) is 10.5. The molecular formula is C8H13FN2S. The second-order valence-electron chi connectivity index (χ2n) is 2.58. The fraction of sp³-hybridized carbons (Fsp3) is 0.625. The Morgan fingerprint density at radius 1 is 1.67 bits per heavy atom. The molecule has 1 aromatic heterocycles. The van der Waals surface area contributed by atoms with Crippen LogP contribution in [0.2, 0.25) is 0 Å². The third-order valence-corrected chi connectivity index (χ3v) is 2.28. The summed E-state index contributed by atoms with van der Waals surface area (Å²) in [5.74, 6) is 0. The number of halogens is 1. The van der Waals surface area contributed by atoms with Crippen LogP contribution in [-0.4, -0.2) is 18.2 Å². The number of thiazole rings is 1. The van der Waals surface area contributed by atoms with Gasteiger partial charge in [-0.05, 0) is 19.9 Å². The topological polar surface area (TPSA) is 24.9 Å². The van der Waals surface area contributed by atoms with Gasteiger partial charge in [-0.15, -0.1) is 11.3 Å². The highest BCUT2D eigenvalue weighted by Crippen LogP contribution is 2.06. The predicted molar refractivity (Wildman–Crippen MR) is 49.1 cm³/mol. The maximum atomic E-state index is 11.7. The number of aromatic nitrogens is 1. The maximum Gasteiger partial charge on any atom is 0.0906 e. The summed E-state index contributed by atoms with van der Waals surface area (Å²) in [5, 5.41) is 6.23. The number of hydrogen-bond acceptors (Lipinski definition) is 3. The van der Waals surface area contributed by atoms with Gasteiger partial charge in [0.2, 0.25) is 0 Å². The Hall–Kier alpha value is -0.480. The Labute approximate surface area is 75.8 Å². The molecule has 0 aliphatic heterocycles. The second-order valence-corrected chi connectivity index (χ2v) is 3.64. The van der Waals surface area contributed by atoms with Gasteiger partial charge in [0.05, 0.1) is 17.4 Å². The molecule has 0 saturated heterocycles. The molecule has 0 amide bonds. The molecule has 0 fully saturated rings. The van der Waals surface area contributed by atoms with Crippen molar-refractivity contribution < 1.29 is 4.39 Å². The average molecular weight is 188 g/mol. The van der Waals surface area contributed by atoms with Crippen molar-refractivity contribution >= 4 is 11.3 Å². The van der Waals surface area contributed by atoms with Gasteiger partial charge in [-0.25, -0.2) is 4.98 Å². The largest absolute Gasteiger partial charge is 0.311 e. The zero-order valence-electron chi connectivity index (χ0n) is 7.14. The highest BCUT2D eigenvalue weighted by atomic mass is 32.1. The van der Waals surface area contributed by atoms with Gasteiger partial charge >= 0.3 is 0 Å². The maximum absolute atomic E-state index is 11.7. The SMILES string of the molecule is Cc1nc(CNCCCF)cs1. The van der Waals surface area contributed by atoms with Crippen LogP contribution >= 0.6 is 11.3 Å². The van der Waals surface area contributed by atoms with Gasteiger partial charge in [-0.2, -0.15) is 0 Å². The van der Waals surface area contributed by atoms with Gasteiger partial charge in [0.1, 0.15) is 0 Å². The Morgan fingerprint density at radius 3 is 3.08 bits per heavy atom. The summed E-state index contributed by atoms with van der Waals surface area (Å²) in [6.07, 6.45) is 0.586. The van der Waals surface area contributed by atoms with Crippen LogP contribution in [0.5, 0.6) is 0 Å². The number of nitrogens with zero attached hydrogens (tertiary/aromatic N) is 1. The minimum absolute atomic E-state index is 0.247. The van der Waals surface area contributed by atoms with Crippen LogP contribution in [0.15, 0.2) is 5.38 Å². The third kappa shape index (κ3) is 3.28. The van der Waals surface area contributed by atoms with Crippen molar-refractivity contribution in [1.29, 1.82) is 0 Å². The minimum Gasteiger partial charge on any atom is -0.311 e. The van der Waals surface area contributed by atoms with Crippen LogP contribution in [-0.2, 0) is 6.54 Å². The fourth-order valence-electron chi connectivity index (χ4n) is 0.898. The van der Waals surface area contributed by atoms with Crippen LogP contribution in [0.1, 0.15) is 17.1 Å². The zero-order valence-corrected chi connectivity index (χ0v) is 7.96. The summed E-state index contributed by atoms with van der Waals surface area (Å²) in [7, 11) is 0. The smallest absolute Gasteiger partial charge is 0.0906 e. The molecule has 0 atom stereocenters. The van der Waals surface area contributed by atoms with E-state index in [-0.39, 0.29) is 6.67 Å². The van der Waals surface area contributed by atoms with Crippen LogP contribution in [0.4, 0.5) is 4.39 Å². The highest BCUT2D eigenvalue weighted by Gasteiger charge is 1.96. The van der Waals surface area contributed by atoms with Crippen molar-refractivity contribution in [3.05, 3.63) is 16.1 Å². The van der Waals surface area contributed by atoms with Gasteiger partial charge in [-0.3, -0.25) is 4.39 Å². The molecule has 68 valence electrons. The predicted octanol–water partition coefficient (Wildman–Crippen LogP) is 1.90. The molecule has 12 heavy (non-hydrogen) atoms. The molecule has 1 rings (SSSR count). The molecule has 0 aliphatic carbocycles. The van der Waals surface area contributed by atoms with Crippen LogP contribution < -0.4 is 5.32 Å². The van der Waals surface area contributed by atoms with Gasteiger partial charge in [0, 0.05) is 11.9 Å². The number of alkyl halides is 1. The molecule has 0 spiro atoms. The Kier molecular flexibility index (Phi) is 4.18. The van der Waals surface area contributed by atoms with Crippen molar-refractivity contribution in [2.75, 3.05) is 13.2 Å². The van der Waals surface area contributed by atoms with Gasteiger partial charge < -0.3 is 5.32 Å². The van der Waals surface area contributed by atoms with Crippen LogP contribution in [0.3, 0.4) is 0 Å². The first-order chi connectivity index (χ1) is 5.83. The lowest BCUT2D eigenvalue weighted by Crippen LogP contribution is -2.15. The lowest BCUT2D eigenvalue weighted by molar-refractivity contribution is 0.458. The van der Waals surface area contributed by atoms with Gasteiger partial charge in [0.25, 0.3) is 0 Å². The molecule has 0 bridgehead atoms. The molecule has 0 saturated carbocycles. The Morgan fingerprint density at radius 2 is 2.50 bits per heavy atom. The molecular weight excluding hydrogens is 175 g/mol. The molecule has 0 unspecified atom stereocenters. The molecule has 0 aliphatic rings. The van der Waals surface area contributed by atoms with Gasteiger partial charge in [0.15, 0.2) is 0 Å². The molecule has 2 nitrogen and oxygen atoms in total. The van der Waals surface area contributed by atoms with E-state index in [4.69, 9.17) is 0 Å². The lowest BCUT2D eigenvalue weighted by Gasteiger charge is -1.98. The molecule has 0 aromatic carbocycles. The summed E-state index contributed by atoms with van der Waals surface area (Å²) in [6.45, 7) is 3.22. The summed E-state index contributed by atoms with van der Waals surface area (Å²) < 4.78 is 11.7. The number of aryl methyl sites for hydroxylation is 1.